The minimum Gasteiger partial charge on any atom is -0.496 e. The summed E-state index contributed by atoms with van der Waals surface area (Å²) in [5, 5.41) is 2.32. The topological polar surface area (TPSA) is 38.8 Å². The van der Waals surface area contributed by atoms with Crippen molar-refractivity contribution in [3.8, 4) is 11.5 Å². The maximum Gasteiger partial charge on any atom is 0.253 e. The monoisotopic (exact) mass is 375 g/mol. The molecule has 0 saturated carbocycles. The van der Waals surface area contributed by atoms with Gasteiger partial charge in [0.25, 0.3) is 5.91 Å². The SMILES string of the molecule is COc1ccc(C(=O)N2CCCCC2)cc1COc1ccc2ccccc2c1. The van der Waals surface area contributed by atoms with E-state index in [4.69, 9.17) is 9.47 Å². The van der Waals surface area contributed by atoms with Crippen LogP contribution in [-0.4, -0.2) is 31.0 Å². The molecule has 1 aliphatic rings. The first-order chi connectivity index (χ1) is 13.7. The molecule has 3 aromatic carbocycles. The molecule has 4 rings (SSSR count). The highest BCUT2D eigenvalue weighted by atomic mass is 16.5. The average molecular weight is 375 g/mol. The van der Waals surface area contributed by atoms with E-state index in [1.54, 1.807) is 7.11 Å². The molecule has 28 heavy (non-hydrogen) atoms. The van der Waals surface area contributed by atoms with E-state index in [0.717, 1.165) is 48.4 Å². The lowest BCUT2D eigenvalue weighted by atomic mass is 10.1. The second-order valence-electron chi connectivity index (χ2n) is 7.18. The van der Waals surface area contributed by atoms with Crippen LogP contribution in [0.3, 0.4) is 0 Å². The van der Waals surface area contributed by atoms with E-state index in [9.17, 15) is 4.79 Å². The Morgan fingerprint density at radius 1 is 0.929 bits per heavy atom. The Balaban J connectivity index is 1.52. The van der Waals surface area contributed by atoms with Crippen molar-refractivity contribution in [2.24, 2.45) is 0 Å². The van der Waals surface area contributed by atoms with Crippen LogP contribution in [0.5, 0.6) is 11.5 Å². The Morgan fingerprint density at radius 2 is 1.71 bits per heavy atom. The first kappa shape index (κ1) is 18.4. The molecule has 144 valence electrons. The van der Waals surface area contributed by atoms with Crippen molar-refractivity contribution in [1.82, 2.24) is 4.90 Å². The lowest BCUT2D eigenvalue weighted by Crippen LogP contribution is -2.35. The van der Waals surface area contributed by atoms with Crippen LogP contribution in [0.2, 0.25) is 0 Å². The number of amides is 1. The Labute approximate surface area is 165 Å². The third-order valence-electron chi connectivity index (χ3n) is 5.29. The molecule has 1 saturated heterocycles. The second kappa shape index (κ2) is 8.34. The minimum atomic E-state index is 0.0920. The molecule has 1 fully saturated rings. The van der Waals surface area contributed by atoms with Gasteiger partial charge in [-0.05, 0) is 60.4 Å². The van der Waals surface area contributed by atoms with Crippen LogP contribution in [0.4, 0.5) is 0 Å². The standard InChI is InChI=1S/C24H25NO3/c1-27-23-12-10-20(24(26)25-13-5-2-6-14-25)15-21(23)17-28-22-11-9-18-7-3-4-8-19(18)16-22/h3-4,7-12,15-16H,2,5-6,13-14,17H2,1H3. The summed E-state index contributed by atoms with van der Waals surface area (Å²) in [4.78, 5) is 14.8. The predicted molar refractivity (Wildman–Crippen MR) is 111 cm³/mol. The van der Waals surface area contributed by atoms with Gasteiger partial charge >= 0.3 is 0 Å². The van der Waals surface area contributed by atoms with Crippen molar-refractivity contribution >= 4 is 16.7 Å². The molecule has 0 unspecified atom stereocenters. The summed E-state index contributed by atoms with van der Waals surface area (Å²) >= 11 is 0. The molecule has 3 aromatic rings. The Hall–Kier alpha value is -3.01. The van der Waals surface area contributed by atoms with Gasteiger partial charge in [0.1, 0.15) is 18.1 Å². The van der Waals surface area contributed by atoms with Gasteiger partial charge in [0.15, 0.2) is 0 Å². The maximum atomic E-state index is 12.8. The van der Waals surface area contributed by atoms with Gasteiger partial charge in [-0.2, -0.15) is 0 Å². The third kappa shape index (κ3) is 3.96. The summed E-state index contributed by atoms with van der Waals surface area (Å²) in [6.45, 7) is 2.03. The normalized spacial score (nSPS) is 14.1. The highest BCUT2D eigenvalue weighted by Crippen LogP contribution is 2.25. The van der Waals surface area contributed by atoms with Crippen molar-refractivity contribution in [3.63, 3.8) is 0 Å². The van der Waals surface area contributed by atoms with Gasteiger partial charge in [-0.3, -0.25) is 4.79 Å². The van der Waals surface area contributed by atoms with Crippen LogP contribution in [0, 0.1) is 0 Å². The Bertz CT molecular complexity index is 977. The first-order valence-corrected chi connectivity index (χ1v) is 9.82. The smallest absolute Gasteiger partial charge is 0.253 e. The zero-order chi connectivity index (χ0) is 19.3. The van der Waals surface area contributed by atoms with Gasteiger partial charge in [0, 0.05) is 24.2 Å². The van der Waals surface area contributed by atoms with Gasteiger partial charge in [0.05, 0.1) is 7.11 Å². The number of piperidine rings is 1. The molecule has 4 heteroatoms. The fourth-order valence-electron chi connectivity index (χ4n) is 3.72. The number of methoxy groups -OCH3 is 1. The predicted octanol–water partition coefficient (Wildman–Crippen LogP) is 5.05. The van der Waals surface area contributed by atoms with Crippen molar-refractivity contribution in [3.05, 3.63) is 71.8 Å². The van der Waals surface area contributed by atoms with Gasteiger partial charge in [-0.1, -0.05) is 30.3 Å². The fourth-order valence-corrected chi connectivity index (χ4v) is 3.72. The molecule has 0 aliphatic carbocycles. The minimum absolute atomic E-state index is 0.0920. The molecule has 0 atom stereocenters. The highest BCUT2D eigenvalue weighted by molar-refractivity contribution is 5.94. The summed E-state index contributed by atoms with van der Waals surface area (Å²) < 4.78 is 11.5. The number of fused-ring (bicyclic) bond motifs is 1. The average Bonchev–Trinajstić information content (AvgIpc) is 2.77. The molecule has 0 aromatic heterocycles. The molecule has 0 radical (unpaired) electrons. The number of ether oxygens (including phenoxy) is 2. The zero-order valence-electron chi connectivity index (χ0n) is 16.2. The van der Waals surface area contributed by atoms with E-state index >= 15 is 0 Å². The number of hydrogen-bond donors (Lipinski definition) is 0. The molecule has 1 heterocycles. The molecule has 0 spiro atoms. The largest absolute Gasteiger partial charge is 0.496 e. The van der Waals surface area contributed by atoms with E-state index in [0.29, 0.717) is 12.2 Å². The molecule has 0 N–H and O–H groups in total. The highest BCUT2D eigenvalue weighted by Gasteiger charge is 2.19. The summed E-state index contributed by atoms with van der Waals surface area (Å²) in [5.74, 6) is 1.62. The van der Waals surface area contributed by atoms with Crippen molar-refractivity contribution < 1.29 is 14.3 Å². The van der Waals surface area contributed by atoms with E-state index in [2.05, 4.69) is 18.2 Å². The van der Waals surface area contributed by atoms with Crippen LogP contribution in [0.1, 0.15) is 35.2 Å². The number of benzene rings is 3. The van der Waals surface area contributed by atoms with Crippen LogP contribution >= 0.6 is 0 Å². The molecular weight excluding hydrogens is 350 g/mol. The Kier molecular flexibility index (Phi) is 5.47. The third-order valence-corrected chi connectivity index (χ3v) is 5.29. The molecule has 4 nitrogen and oxygen atoms in total. The number of likely N-dealkylation sites (tertiary alicyclic amines) is 1. The summed E-state index contributed by atoms with van der Waals surface area (Å²) in [7, 11) is 1.64. The molecular formula is C24H25NO3. The summed E-state index contributed by atoms with van der Waals surface area (Å²) in [6.07, 6.45) is 3.37. The van der Waals surface area contributed by atoms with Crippen molar-refractivity contribution in [2.45, 2.75) is 25.9 Å². The molecule has 1 aliphatic heterocycles. The summed E-state index contributed by atoms with van der Waals surface area (Å²) in [6, 6.07) is 19.9. The van der Waals surface area contributed by atoms with E-state index in [1.807, 2.05) is 47.4 Å². The lowest BCUT2D eigenvalue weighted by molar-refractivity contribution is 0.0724. The maximum absolute atomic E-state index is 12.8. The van der Waals surface area contributed by atoms with E-state index in [-0.39, 0.29) is 5.91 Å². The molecule has 1 amide bonds. The summed E-state index contributed by atoms with van der Waals surface area (Å²) in [5.41, 5.74) is 1.57. The number of nitrogens with zero attached hydrogens (tertiary/aromatic N) is 1. The molecule has 0 bridgehead atoms. The van der Waals surface area contributed by atoms with E-state index in [1.165, 1.54) is 11.8 Å². The van der Waals surface area contributed by atoms with Crippen molar-refractivity contribution in [2.75, 3.05) is 20.2 Å². The van der Waals surface area contributed by atoms with Gasteiger partial charge in [-0.25, -0.2) is 0 Å². The lowest BCUT2D eigenvalue weighted by Gasteiger charge is -2.27. The van der Waals surface area contributed by atoms with Crippen molar-refractivity contribution in [1.29, 1.82) is 0 Å². The Morgan fingerprint density at radius 3 is 2.50 bits per heavy atom. The zero-order valence-corrected chi connectivity index (χ0v) is 16.2. The number of carbonyl (C=O) groups excluding carboxylic acids is 1. The van der Waals surface area contributed by atoms with Gasteiger partial charge < -0.3 is 14.4 Å². The fraction of sp³-hybridized carbons (Fsp3) is 0.292. The number of hydrogen-bond acceptors (Lipinski definition) is 3. The van der Waals surface area contributed by atoms with Crippen LogP contribution in [0.15, 0.2) is 60.7 Å². The van der Waals surface area contributed by atoms with Crippen LogP contribution < -0.4 is 9.47 Å². The van der Waals surface area contributed by atoms with Crippen LogP contribution in [0.25, 0.3) is 10.8 Å². The quantitative estimate of drug-likeness (QED) is 0.626. The van der Waals surface area contributed by atoms with Gasteiger partial charge in [0.2, 0.25) is 0 Å². The number of rotatable bonds is 5. The van der Waals surface area contributed by atoms with E-state index < -0.39 is 0 Å². The number of carbonyl (C=O) groups is 1. The second-order valence-corrected chi connectivity index (χ2v) is 7.18. The van der Waals surface area contributed by atoms with Crippen LogP contribution in [-0.2, 0) is 6.61 Å². The van der Waals surface area contributed by atoms with Gasteiger partial charge in [-0.15, -0.1) is 0 Å². The first-order valence-electron chi connectivity index (χ1n) is 9.82.